The largest absolute Gasteiger partial charge is 0.374 e. The maximum absolute atomic E-state index is 5.62. The van der Waals surface area contributed by atoms with Crippen LogP contribution < -0.4 is 0 Å². The summed E-state index contributed by atoms with van der Waals surface area (Å²) in [7, 11) is 0. The van der Waals surface area contributed by atoms with Gasteiger partial charge in [-0.05, 0) is 11.1 Å². The molecule has 0 aromatic heterocycles. The molecule has 20 heavy (non-hydrogen) atoms. The smallest absolute Gasteiger partial charge is 0.104 e. The number of epoxide rings is 2. The van der Waals surface area contributed by atoms with Crippen molar-refractivity contribution in [2.24, 2.45) is 0 Å². The van der Waals surface area contributed by atoms with Crippen LogP contribution in [-0.2, 0) is 32.2 Å². The van der Waals surface area contributed by atoms with Gasteiger partial charge in [0.25, 0.3) is 0 Å². The van der Waals surface area contributed by atoms with Crippen LogP contribution in [0, 0.1) is 0 Å². The van der Waals surface area contributed by atoms with E-state index >= 15 is 0 Å². The van der Waals surface area contributed by atoms with Crippen LogP contribution in [0.4, 0.5) is 0 Å². The van der Waals surface area contributed by atoms with Crippen molar-refractivity contribution < 1.29 is 18.9 Å². The second-order valence-corrected chi connectivity index (χ2v) is 4.71. The van der Waals surface area contributed by atoms with Crippen LogP contribution in [0.2, 0.25) is 0 Å². The summed E-state index contributed by atoms with van der Waals surface area (Å²) in [6.45, 7) is 10.3. The van der Waals surface area contributed by atoms with E-state index in [1.807, 2.05) is 12.1 Å². The lowest BCUT2D eigenvalue weighted by atomic mass is 10.1. The molecule has 3 rings (SSSR count). The zero-order valence-electron chi connectivity index (χ0n) is 11.8. The standard InChI is InChI=1S/C14H18O4.C2H4/c1-2-4-12(6-16-8-14-10-18-14)11(3-1)5-15-7-13-9-17-13;1-2/h1-4,13-14H,5-10H2;1-2H2. The molecule has 1 aromatic rings. The van der Waals surface area contributed by atoms with Crippen LogP contribution in [0.5, 0.6) is 0 Å². The molecule has 2 aliphatic rings. The van der Waals surface area contributed by atoms with E-state index in [9.17, 15) is 0 Å². The number of benzene rings is 1. The SMILES string of the molecule is C=C.c1ccc(COCC2CO2)c(COCC2CO2)c1. The predicted molar refractivity (Wildman–Crippen MR) is 76.5 cm³/mol. The van der Waals surface area contributed by atoms with Crippen molar-refractivity contribution in [3.05, 3.63) is 48.6 Å². The minimum atomic E-state index is 0.320. The maximum atomic E-state index is 5.62. The molecule has 4 heteroatoms. The van der Waals surface area contributed by atoms with Crippen LogP contribution >= 0.6 is 0 Å². The minimum Gasteiger partial charge on any atom is -0.374 e. The summed E-state index contributed by atoms with van der Waals surface area (Å²) in [5.41, 5.74) is 2.38. The van der Waals surface area contributed by atoms with E-state index in [0.29, 0.717) is 38.6 Å². The molecular weight excluding hydrogens is 256 g/mol. The summed E-state index contributed by atoms with van der Waals surface area (Å²) < 4.78 is 21.5. The highest BCUT2D eigenvalue weighted by Crippen LogP contribution is 2.15. The van der Waals surface area contributed by atoms with Gasteiger partial charge in [-0.1, -0.05) is 24.3 Å². The average Bonchev–Trinajstić information content (AvgIpc) is 3.37. The first-order valence-corrected chi connectivity index (χ1v) is 6.87. The lowest BCUT2D eigenvalue weighted by Gasteiger charge is -2.10. The Balaban J connectivity index is 0.000000704. The number of hydrogen-bond acceptors (Lipinski definition) is 4. The van der Waals surface area contributed by atoms with Crippen molar-refractivity contribution in [3.63, 3.8) is 0 Å². The van der Waals surface area contributed by atoms with Gasteiger partial charge >= 0.3 is 0 Å². The molecular formula is C16H22O4. The van der Waals surface area contributed by atoms with E-state index in [-0.39, 0.29) is 0 Å². The highest BCUT2D eigenvalue weighted by Gasteiger charge is 2.23. The molecule has 1 aromatic carbocycles. The molecule has 110 valence electrons. The van der Waals surface area contributed by atoms with E-state index in [2.05, 4.69) is 25.3 Å². The van der Waals surface area contributed by atoms with Crippen LogP contribution in [0.15, 0.2) is 37.4 Å². The third kappa shape index (κ3) is 5.43. The van der Waals surface area contributed by atoms with Gasteiger partial charge in [-0.25, -0.2) is 0 Å². The van der Waals surface area contributed by atoms with E-state index in [1.54, 1.807) is 0 Å². The normalized spacial score (nSPS) is 22.8. The lowest BCUT2D eigenvalue weighted by Crippen LogP contribution is -2.06. The molecule has 0 aliphatic carbocycles. The first-order valence-electron chi connectivity index (χ1n) is 6.87. The quantitative estimate of drug-likeness (QED) is 0.540. The van der Waals surface area contributed by atoms with Crippen molar-refractivity contribution in [2.45, 2.75) is 25.4 Å². The maximum Gasteiger partial charge on any atom is 0.104 e. The van der Waals surface area contributed by atoms with Gasteiger partial charge in [-0.2, -0.15) is 0 Å². The average molecular weight is 278 g/mol. The monoisotopic (exact) mass is 278 g/mol. The Kier molecular flexibility index (Phi) is 6.21. The first kappa shape index (κ1) is 15.2. The van der Waals surface area contributed by atoms with Crippen LogP contribution in [0.1, 0.15) is 11.1 Å². The van der Waals surface area contributed by atoms with E-state index in [4.69, 9.17) is 18.9 Å². The molecule has 0 saturated carbocycles. The molecule has 2 fully saturated rings. The zero-order valence-corrected chi connectivity index (χ0v) is 11.8. The van der Waals surface area contributed by atoms with Gasteiger partial charge in [0.15, 0.2) is 0 Å². The zero-order chi connectivity index (χ0) is 14.2. The molecule has 4 nitrogen and oxygen atoms in total. The van der Waals surface area contributed by atoms with Gasteiger partial charge in [0, 0.05) is 0 Å². The van der Waals surface area contributed by atoms with E-state index in [1.165, 1.54) is 11.1 Å². The van der Waals surface area contributed by atoms with Crippen LogP contribution in [-0.4, -0.2) is 38.6 Å². The molecule has 0 bridgehead atoms. The molecule has 0 radical (unpaired) electrons. The Labute approximate surface area is 120 Å². The molecule has 2 saturated heterocycles. The van der Waals surface area contributed by atoms with Gasteiger partial charge in [0.2, 0.25) is 0 Å². The molecule has 2 aliphatic heterocycles. The second kappa shape index (κ2) is 8.17. The Bertz CT molecular complexity index is 362. The fourth-order valence-corrected chi connectivity index (χ4v) is 1.77. The third-order valence-corrected chi connectivity index (χ3v) is 3.05. The van der Waals surface area contributed by atoms with Crippen LogP contribution in [0.3, 0.4) is 0 Å². The first-order chi connectivity index (χ1) is 9.92. The topological polar surface area (TPSA) is 43.5 Å². The van der Waals surface area contributed by atoms with Crippen molar-refractivity contribution in [1.29, 1.82) is 0 Å². The van der Waals surface area contributed by atoms with Gasteiger partial charge < -0.3 is 18.9 Å². The second-order valence-electron chi connectivity index (χ2n) is 4.71. The minimum absolute atomic E-state index is 0.320. The van der Waals surface area contributed by atoms with Gasteiger partial charge in [-0.3, -0.25) is 0 Å². The molecule has 0 spiro atoms. The summed E-state index contributed by atoms with van der Waals surface area (Å²) in [5, 5.41) is 0. The highest BCUT2D eigenvalue weighted by molar-refractivity contribution is 5.25. The molecule has 2 heterocycles. The molecule has 2 unspecified atom stereocenters. The van der Waals surface area contributed by atoms with Crippen molar-refractivity contribution in [1.82, 2.24) is 0 Å². The van der Waals surface area contributed by atoms with Crippen LogP contribution in [0.25, 0.3) is 0 Å². The summed E-state index contributed by atoms with van der Waals surface area (Å²) in [6.07, 6.45) is 0.640. The third-order valence-electron chi connectivity index (χ3n) is 3.05. The summed E-state index contributed by atoms with van der Waals surface area (Å²) in [4.78, 5) is 0. The Morgan fingerprint density at radius 3 is 1.65 bits per heavy atom. The van der Waals surface area contributed by atoms with Gasteiger partial charge in [-0.15, -0.1) is 13.2 Å². The Morgan fingerprint density at radius 1 is 0.900 bits per heavy atom. The molecule has 0 amide bonds. The molecule has 0 N–H and O–H groups in total. The lowest BCUT2D eigenvalue weighted by molar-refractivity contribution is 0.0917. The number of rotatable bonds is 8. The van der Waals surface area contributed by atoms with E-state index < -0.39 is 0 Å². The molecule has 2 atom stereocenters. The van der Waals surface area contributed by atoms with Crippen molar-refractivity contribution in [2.75, 3.05) is 26.4 Å². The summed E-state index contributed by atoms with van der Waals surface area (Å²) in [5.74, 6) is 0. The predicted octanol–water partition coefficient (Wildman–Crippen LogP) is 2.32. The van der Waals surface area contributed by atoms with Crippen molar-refractivity contribution in [3.8, 4) is 0 Å². The van der Waals surface area contributed by atoms with Gasteiger partial charge in [0.1, 0.15) is 12.2 Å². The highest BCUT2D eigenvalue weighted by atomic mass is 16.6. The fourth-order valence-electron chi connectivity index (χ4n) is 1.77. The Morgan fingerprint density at radius 2 is 1.30 bits per heavy atom. The van der Waals surface area contributed by atoms with Gasteiger partial charge in [0.05, 0.1) is 39.6 Å². The fraction of sp³-hybridized carbons (Fsp3) is 0.500. The summed E-state index contributed by atoms with van der Waals surface area (Å²) >= 11 is 0. The van der Waals surface area contributed by atoms with Crippen molar-refractivity contribution >= 4 is 0 Å². The summed E-state index contributed by atoms with van der Waals surface area (Å²) in [6, 6.07) is 8.22. The number of hydrogen-bond donors (Lipinski definition) is 0. The van der Waals surface area contributed by atoms with E-state index in [0.717, 1.165) is 13.2 Å². The number of ether oxygens (including phenoxy) is 4. The Hall–Kier alpha value is -1.20.